The second-order valence-electron chi connectivity index (χ2n) is 28.1. The molecule has 4 atom stereocenters. The summed E-state index contributed by atoms with van der Waals surface area (Å²) in [6.45, 7) is 9.55. The molecule has 6 rings (SSSR count). The molecule has 0 saturated carbocycles. The van der Waals surface area contributed by atoms with Gasteiger partial charge in [-0.1, -0.05) is 68.5 Å². The zero-order chi connectivity index (χ0) is 81.4. The van der Waals surface area contributed by atoms with Crippen LogP contribution in [0.4, 0.5) is 16.2 Å². The van der Waals surface area contributed by atoms with Crippen molar-refractivity contribution in [3.05, 3.63) is 136 Å². The Bertz CT molecular complexity index is 4250. The van der Waals surface area contributed by atoms with Gasteiger partial charge in [-0.05, 0) is 156 Å². The van der Waals surface area contributed by atoms with Gasteiger partial charge in [0.25, 0.3) is 10.1 Å². The Morgan fingerprint density at radius 1 is 0.673 bits per heavy atom. The van der Waals surface area contributed by atoms with Crippen molar-refractivity contribution in [2.45, 2.75) is 191 Å². The summed E-state index contributed by atoms with van der Waals surface area (Å²) in [5, 5.41) is 39.1. The number of nitrogens with two attached hydrogens (primary N) is 4. The number of anilines is 1. The van der Waals surface area contributed by atoms with Crippen molar-refractivity contribution >= 4 is 103 Å². The topological polar surface area (TPSA) is 535 Å². The number of benzene rings is 3. The average molecular weight is 1570 g/mol. The van der Waals surface area contributed by atoms with Gasteiger partial charge in [-0.3, -0.25) is 38.5 Å². The summed E-state index contributed by atoms with van der Waals surface area (Å²) in [4.78, 5) is 129. The largest absolute Gasteiger partial charge is 0.748 e. The summed E-state index contributed by atoms with van der Waals surface area (Å²) in [5.41, 5.74) is 29.5. The fourth-order valence-electron chi connectivity index (χ4n) is 13.4. The molecule has 4 amide bonds. The van der Waals surface area contributed by atoms with Gasteiger partial charge in [0.15, 0.2) is 23.4 Å². The fraction of sp³-hybridized carbons (Fsp3) is 0.500. The number of urea groups is 1. The molecule has 600 valence electrons. The maximum atomic E-state index is 14.4. The molecule has 34 heteroatoms. The van der Waals surface area contributed by atoms with Crippen molar-refractivity contribution in [3.8, 4) is 5.75 Å². The molecule has 110 heavy (non-hydrogen) atoms. The number of aliphatic imine (C=N–C) groups is 2. The van der Waals surface area contributed by atoms with Crippen molar-refractivity contribution in [1.29, 1.82) is 0 Å². The van der Waals surface area contributed by atoms with Gasteiger partial charge in [0.05, 0.1) is 27.3 Å². The Morgan fingerprint density at radius 3 is 1.94 bits per heavy atom. The van der Waals surface area contributed by atoms with Crippen LogP contribution in [0.15, 0.2) is 130 Å². The third kappa shape index (κ3) is 29.9. The monoisotopic (exact) mass is 1570 g/mol. The van der Waals surface area contributed by atoms with Gasteiger partial charge in [0.1, 0.15) is 35.9 Å². The molecule has 2 aliphatic heterocycles. The lowest BCUT2D eigenvalue weighted by molar-refractivity contribution is -0.438. The van der Waals surface area contributed by atoms with E-state index in [0.717, 1.165) is 51.5 Å². The molecule has 0 saturated heterocycles. The Kier molecular flexibility index (Phi) is 35.8. The smallest absolute Gasteiger partial charge is 0.373 e. The summed E-state index contributed by atoms with van der Waals surface area (Å²) < 4.78 is 77.0. The quantitative estimate of drug-likeness (QED) is 0.0102. The number of carboxylic acids is 3. The lowest BCUT2D eigenvalue weighted by atomic mass is 9.81. The Balaban J connectivity index is 0.00000710. The van der Waals surface area contributed by atoms with Crippen LogP contribution < -0.4 is 53.8 Å². The van der Waals surface area contributed by atoms with Crippen LogP contribution in [0.2, 0.25) is 0 Å². The Labute approximate surface area is 641 Å². The minimum absolute atomic E-state index is 0.00980. The lowest BCUT2D eigenvalue weighted by Crippen LogP contribution is -2.47. The summed E-state index contributed by atoms with van der Waals surface area (Å²) in [5.74, 6) is -7.45. The number of nitrogens with one attached hydrogen (secondary N) is 4. The lowest BCUT2D eigenvalue weighted by Gasteiger charge is -2.28. The van der Waals surface area contributed by atoms with Crippen molar-refractivity contribution < 1.29 is 98.5 Å². The fourth-order valence-corrected chi connectivity index (χ4v) is 14.5. The van der Waals surface area contributed by atoms with Crippen LogP contribution >= 0.6 is 0 Å². The molecule has 3 aromatic carbocycles. The van der Waals surface area contributed by atoms with E-state index < -0.39 is 109 Å². The molecular weight excluding hydrogens is 1470 g/mol. The van der Waals surface area contributed by atoms with Gasteiger partial charge < -0.3 is 73.7 Å². The number of carbonyl (C=O) groups excluding carboxylic acids is 7. The molecule has 0 aromatic heterocycles. The van der Waals surface area contributed by atoms with E-state index in [-0.39, 0.29) is 146 Å². The van der Waals surface area contributed by atoms with E-state index in [0.29, 0.717) is 55.8 Å². The third-order valence-corrected chi connectivity index (χ3v) is 20.6. The number of para-hydroxylation sites is 2. The maximum Gasteiger partial charge on any atom is 0.373 e. The van der Waals surface area contributed by atoms with Crippen LogP contribution in [-0.2, 0) is 80.6 Å². The van der Waals surface area contributed by atoms with Gasteiger partial charge in [0.2, 0.25) is 17.5 Å². The zero-order valence-corrected chi connectivity index (χ0v) is 64.2. The molecule has 2 heterocycles. The zero-order valence-electron chi connectivity index (χ0n) is 62.6. The van der Waals surface area contributed by atoms with Crippen molar-refractivity contribution in [1.82, 2.24) is 21.3 Å². The molecule has 0 radical (unpaired) electrons. The minimum atomic E-state index is -4.42. The number of carboxylic acid groups (broad SMARTS) is 3. The van der Waals surface area contributed by atoms with Crippen LogP contribution in [0.3, 0.4) is 0 Å². The van der Waals surface area contributed by atoms with E-state index in [2.05, 4.69) is 92.7 Å². The number of ether oxygens (including phenoxy) is 1. The number of aliphatic carboxylic acids is 3. The molecule has 16 N–H and O–H groups in total. The highest BCUT2D eigenvalue weighted by Crippen LogP contribution is 2.48. The number of ketones is 2. The minimum Gasteiger partial charge on any atom is -0.748 e. The molecule has 1 aliphatic carbocycles. The van der Waals surface area contributed by atoms with Crippen LogP contribution in [0, 0.1) is 5.92 Å². The first kappa shape index (κ1) is 90.2. The molecular formula is C76H104N12O20S2. The van der Waals surface area contributed by atoms with Gasteiger partial charge in [0, 0.05) is 117 Å². The van der Waals surface area contributed by atoms with E-state index >= 15 is 0 Å². The van der Waals surface area contributed by atoms with Gasteiger partial charge in [-0.2, -0.15) is 22.6 Å². The van der Waals surface area contributed by atoms with Gasteiger partial charge >= 0.3 is 30.1 Å². The van der Waals surface area contributed by atoms with Gasteiger partial charge in [-0.15, -0.1) is 0 Å². The molecule has 0 bridgehead atoms. The number of allylic oxidation sites excluding steroid dienone is 7. The first-order valence-corrected chi connectivity index (χ1v) is 39.7. The normalized spacial score (nSPS) is 16.1. The van der Waals surface area contributed by atoms with Crippen LogP contribution in [0.25, 0.3) is 0 Å². The highest BCUT2D eigenvalue weighted by Gasteiger charge is 2.44. The molecule has 0 unspecified atom stereocenters. The van der Waals surface area contributed by atoms with E-state index in [4.69, 9.17) is 42.4 Å². The molecule has 3 aliphatic rings. The van der Waals surface area contributed by atoms with Crippen LogP contribution in [-0.4, -0.2) is 179 Å². The number of hydrogen-bond donors (Lipinski definition) is 12. The Morgan fingerprint density at radius 2 is 1.30 bits per heavy atom. The SMILES string of the molecule is CC1(C)C(=CC=C2CCCC(C=CC3=[N+](CCCCS(=O)(=O)O)c4ccccc4C3(C)C)=C2Oc2ccc(C[C@@H](NC(=O)[C@H](CCCN=C(N)N)CC(=O)[C@H](CCCN=C(N)N)NC(=O)CCCCC(=O)CC[C@@H](NC(=O)NCCCC(=O)O)C(=O)O)C(=O)O)cc2)N(CCCCS(=O)(=O)[O-])c2ccccc21.O=C=O. The number of carbonyl (C=O) groups is 8. The third-order valence-electron chi connectivity index (χ3n) is 19.0. The van der Waals surface area contributed by atoms with Crippen molar-refractivity contribution in [2.24, 2.45) is 38.8 Å². The summed E-state index contributed by atoms with van der Waals surface area (Å²) in [6.07, 6.45) is 11.3. The maximum absolute atomic E-state index is 14.4. The predicted molar refractivity (Wildman–Crippen MR) is 409 cm³/mol. The summed E-state index contributed by atoms with van der Waals surface area (Å²) in [6, 6.07) is 17.9. The number of nitrogens with zero attached hydrogens (tertiary/aromatic N) is 4. The van der Waals surface area contributed by atoms with E-state index in [1.54, 1.807) is 24.3 Å². The van der Waals surface area contributed by atoms with Gasteiger partial charge in [-0.25, -0.2) is 22.8 Å². The van der Waals surface area contributed by atoms with Crippen LogP contribution in [0.5, 0.6) is 5.75 Å². The molecule has 0 fully saturated rings. The number of rotatable bonds is 46. The number of unbranched alkanes of at least 4 members (excludes halogenated alkanes) is 3. The second-order valence-corrected chi connectivity index (χ2v) is 31.2. The first-order valence-electron chi connectivity index (χ1n) is 36.5. The van der Waals surface area contributed by atoms with Crippen molar-refractivity contribution in [2.75, 3.05) is 49.1 Å². The van der Waals surface area contributed by atoms with E-state index in [9.17, 15) is 74.5 Å². The number of amides is 4. The van der Waals surface area contributed by atoms with E-state index in [1.165, 1.54) is 0 Å². The molecule has 3 aromatic rings. The average Bonchev–Trinajstić information content (AvgIpc) is 1.60. The molecule has 0 spiro atoms. The number of hydrogen-bond acceptors (Lipinski definition) is 19. The highest BCUT2D eigenvalue weighted by molar-refractivity contribution is 7.85. The number of Topliss-reactive ketones (excluding diaryl/α,β-unsaturated/α-hetero) is 2. The molecule has 32 nitrogen and oxygen atoms in total. The van der Waals surface area contributed by atoms with E-state index in [1.807, 2.05) is 48.6 Å². The number of guanidine groups is 2. The Hall–Kier alpha value is -10.4. The second kappa shape index (κ2) is 43.7. The highest BCUT2D eigenvalue weighted by atomic mass is 32.2. The van der Waals surface area contributed by atoms with Crippen LogP contribution in [0.1, 0.15) is 173 Å². The van der Waals surface area contributed by atoms with Crippen molar-refractivity contribution in [3.63, 3.8) is 0 Å². The summed E-state index contributed by atoms with van der Waals surface area (Å²) in [7, 11) is -8.59. The number of fused-ring (bicyclic) bond motifs is 2. The standard InChI is InChI=1S/C75H104N12O18S2.CO2/c1-74(2)55-23-6-8-26-60(55)86(43-11-13-45-106(99,100)101)63(74)38-32-50-19-15-20-51(33-39-64-75(3,4)56-24-7-9-27-61(56)87(64)44-12-14-46-107(102,103)104)67(50)105-54-35-30-49(31-36-54)47-59(70(96)97)84-68(93)52(21-16-40-80-71(76)77)48-62(89)57(25-17-41-81-72(78)79)83-65(90)28-10-5-22-53(88)34-37-58(69(94)95)85-73(98)82-42-18-29-66(91)92;2-1-3/h6-9,23-24,26-27,30-33,35-36,38-39,52,57-59H,5,10-22,25,28-29,34,37,40-48H2,1-4H3,(H16-,76,77,78,79,80,81,82,83,84,85,90,91,92,93,94,95,96,97,98,99,100,101,102,103,104);/t52-,57+,58-,59-;/m1./s1. The predicted octanol–water partition coefficient (Wildman–Crippen LogP) is 5.96. The first-order chi connectivity index (χ1) is 51.9. The summed E-state index contributed by atoms with van der Waals surface area (Å²) >= 11 is 0.